The molecule has 0 spiro atoms. The van der Waals surface area contributed by atoms with Gasteiger partial charge in [0.15, 0.2) is 6.61 Å². The van der Waals surface area contributed by atoms with Gasteiger partial charge in [0.05, 0.1) is 12.6 Å². The Morgan fingerprint density at radius 3 is 2.57 bits per heavy atom. The number of rotatable bonds is 4. The number of carbonyl (C=O) groups excluding carboxylic acids is 3. The maximum absolute atomic E-state index is 11.9. The van der Waals surface area contributed by atoms with E-state index in [9.17, 15) is 14.4 Å². The average molecular weight is 289 g/mol. The summed E-state index contributed by atoms with van der Waals surface area (Å²) >= 11 is 0. The maximum Gasteiger partial charge on any atom is 0.324 e. The number of para-hydroxylation sites is 1. The Morgan fingerprint density at radius 2 is 1.95 bits per heavy atom. The topological polar surface area (TPSA) is 79.0 Å². The number of imide groups is 1. The van der Waals surface area contributed by atoms with Crippen molar-refractivity contribution in [2.45, 2.75) is 6.04 Å². The van der Waals surface area contributed by atoms with Gasteiger partial charge in [-0.1, -0.05) is 18.2 Å². The third-order valence-corrected chi connectivity index (χ3v) is 3.56. The molecule has 2 saturated heterocycles. The van der Waals surface area contributed by atoms with Crippen molar-refractivity contribution in [3.8, 4) is 5.75 Å². The molecular weight excluding hydrogens is 274 g/mol. The van der Waals surface area contributed by atoms with Crippen LogP contribution < -0.4 is 10.1 Å². The molecule has 2 heterocycles. The first-order valence-electron chi connectivity index (χ1n) is 6.70. The lowest BCUT2D eigenvalue weighted by Crippen LogP contribution is -2.63. The van der Waals surface area contributed by atoms with E-state index in [4.69, 9.17) is 4.74 Å². The van der Waals surface area contributed by atoms with Gasteiger partial charge < -0.3 is 15.0 Å². The van der Waals surface area contributed by atoms with E-state index in [2.05, 4.69) is 5.32 Å². The molecule has 2 aliphatic heterocycles. The van der Waals surface area contributed by atoms with Crippen molar-refractivity contribution in [3.63, 3.8) is 0 Å². The number of urea groups is 1. The molecule has 1 aromatic rings. The van der Waals surface area contributed by atoms with Crippen LogP contribution in [0.15, 0.2) is 30.3 Å². The Morgan fingerprint density at radius 1 is 1.24 bits per heavy atom. The largest absolute Gasteiger partial charge is 0.484 e. The van der Waals surface area contributed by atoms with Crippen LogP contribution in [0.3, 0.4) is 0 Å². The number of nitrogens with zero attached hydrogens (tertiary/aromatic N) is 2. The molecule has 0 unspecified atom stereocenters. The summed E-state index contributed by atoms with van der Waals surface area (Å²) in [7, 11) is 0. The Bertz CT molecular complexity index is 553. The highest BCUT2D eigenvalue weighted by atomic mass is 16.5. The zero-order valence-electron chi connectivity index (χ0n) is 11.3. The van der Waals surface area contributed by atoms with E-state index in [-0.39, 0.29) is 37.0 Å². The van der Waals surface area contributed by atoms with Gasteiger partial charge in [-0.05, 0) is 12.1 Å². The lowest BCUT2D eigenvalue weighted by atomic mass is 10.1. The standard InChI is InChI=1S/C14H15N3O4/c18-12-6-15-14(20)17(12)10-7-16(8-10)13(19)9-21-11-4-2-1-3-5-11/h1-5,10H,6-9H2,(H,15,20). The third kappa shape index (κ3) is 2.67. The van der Waals surface area contributed by atoms with E-state index in [1.54, 1.807) is 17.0 Å². The molecule has 2 fully saturated rings. The Kier molecular flexibility index (Phi) is 3.47. The van der Waals surface area contributed by atoms with Crippen molar-refractivity contribution in [2.24, 2.45) is 0 Å². The molecule has 2 aliphatic rings. The molecule has 21 heavy (non-hydrogen) atoms. The van der Waals surface area contributed by atoms with Crippen LogP contribution in [0.1, 0.15) is 0 Å². The van der Waals surface area contributed by atoms with E-state index in [0.717, 1.165) is 0 Å². The van der Waals surface area contributed by atoms with Crippen LogP contribution in [-0.2, 0) is 9.59 Å². The van der Waals surface area contributed by atoms with Gasteiger partial charge in [0.1, 0.15) is 5.75 Å². The van der Waals surface area contributed by atoms with Gasteiger partial charge >= 0.3 is 6.03 Å². The summed E-state index contributed by atoms with van der Waals surface area (Å²) in [6.07, 6.45) is 0. The third-order valence-electron chi connectivity index (χ3n) is 3.56. The predicted molar refractivity (Wildman–Crippen MR) is 72.5 cm³/mol. The van der Waals surface area contributed by atoms with Crippen LogP contribution in [0, 0.1) is 0 Å². The highest BCUT2D eigenvalue weighted by Crippen LogP contribution is 2.18. The van der Waals surface area contributed by atoms with Crippen molar-refractivity contribution < 1.29 is 19.1 Å². The molecule has 0 aromatic heterocycles. The van der Waals surface area contributed by atoms with E-state index in [0.29, 0.717) is 18.8 Å². The van der Waals surface area contributed by atoms with Gasteiger partial charge in [0.2, 0.25) is 5.91 Å². The number of benzene rings is 1. The first-order chi connectivity index (χ1) is 10.1. The minimum atomic E-state index is -0.377. The number of amides is 4. The molecule has 7 heteroatoms. The summed E-state index contributed by atoms with van der Waals surface area (Å²) in [5.41, 5.74) is 0. The summed E-state index contributed by atoms with van der Waals surface area (Å²) in [5.74, 6) is 0.247. The van der Waals surface area contributed by atoms with Gasteiger partial charge in [-0.15, -0.1) is 0 Å². The number of ether oxygens (including phenoxy) is 1. The monoisotopic (exact) mass is 289 g/mol. The molecule has 0 aliphatic carbocycles. The molecule has 3 rings (SSSR count). The number of carbonyl (C=O) groups is 3. The molecule has 1 N–H and O–H groups in total. The van der Waals surface area contributed by atoms with Crippen LogP contribution in [0.4, 0.5) is 4.79 Å². The fourth-order valence-electron chi connectivity index (χ4n) is 2.38. The van der Waals surface area contributed by atoms with Crippen molar-refractivity contribution in [2.75, 3.05) is 26.2 Å². The van der Waals surface area contributed by atoms with Crippen molar-refractivity contribution in [1.82, 2.24) is 15.1 Å². The highest BCUT2D eigenvalue weighted by molar-refractivity contribution is 6.02. The lowest BCUT2D eigenvalue weighted by molar-refractivity contribution is -0.143. The van der Waals surface area contributed by atoms with Crippen molar-refractivity contribution in [3.05, 3.63) is 30.3 Å². The van der Waals surface area contributed by atoms with E-state index >= 15 is 0 Å². The number of hydrogen-bond donors (Lipinski definition) is 1. The second-order valence-electron chi connectivity index (χ2n) is 4.98. The maximum atomic E-state index is 11.9. The first-order valence-corrected chi connectivity index (χ1v) is 6.70. The molecule has 110 valence electrons. The number of likely N-dealkylation sites (tertiary alicyclic amines) is 1. The van der Waals surface area contributed by atoms with Crippen LogP contribution in [0.5, 0.6) is 5.75 Å². The quantitative estimate of drug-likeness (QED) is 0.780. The highest BCUT2D eigenvalue weighted by Gasteiger charge is 2.42. The van der Waals surface area contributed by atoms with E-state index in [1.165, 1.54) is 4.90 Å². The van der Waals surface area contributed by atoms with Crippen LogP contribution in [-0.4, -0.2) is 59.9 Å². The number of hydrogen-bond acceptors (Lipinski definition) is 4. The van der Waals surface area contributed by atoms with Crippen LogP contribution >= 0.6 is 0 Å². The normalized spacial score (nSPS) is 18.5. The molecule has 0 bridgehead atoms. The summed E-state index contributed by atoms with van der Waals surface area (Å²) in [6.45, 7) is 0.740. The van der Waals surface area contributed by atoms with Gasteiger partial charge in [0.25, 0.3) is 5.91 Å². The average Bonchev–Trinajstić information content (AvgIpc) is 2.77. The fourth-order valence-corrected chi connectivity index (χ4v) is 2.38. The molecule has 1 aromatic carbocycles. The summed E-state index contributed by atoms with van der Waals surface area (Å²) in [6, 6.07) is 8.48. The zero-order valence-corrected chi connectivity index (χ0v) is 11.3. The Labute approximate surface area is 121 Å². The summed E-state index contributed by atoms with van der Waals surface area (Å²) in [4.78, 5) is 37.7. The Balaban J connectivity index is 1.46. The van der Waals surface area contributed by atoms with Crippen molar-refractivity contribution in [1.29, 1.82) is 0 Å². The molecule has 4 amide bonds. The fraction of sp³-hybridized carbons (Fsp3) is 0.357. The zero-order chi connectivity index (χ0) is 14.8. The molecule has 7 nitrogen and oxygen atoms in total. The predicted octanol–water partition coefficient (Wildman–Crippen LogP) is -0.172. The second-order valence-corrected chi connectivity index (χ2v) is 4.98. The smallest absolute Gasteiger partial charge is 0.324 e. The second kappa shape index (κ2) is 5.43. The van der Waals surface area contributed by atoms with Crippen LogP contribution in [0.25, 0.3) is 0 Å². The van der Waals surface area contributed by atoms with E-state index < -0.39 is 0 Å². The summed E-state index contributed by atoms with van der Waals surface area (Å²) in [5, 5.41) is 2.47. The van der Waals surface area contributed by atoms with Gasteiger partial charge in [-0.2, -0.15) is 0 Å². The first kappa shape index (κ1) is 13.4. The molecular formula is C14H15N3O4. The lowest BCUT2D eigenvalue weighted by Gasteiger charge is -2.42. The van der Waals surface area contributed by atoms with Gasteiger partial charge in [-0.25, -0.2) is 4.79 Å². The summed E-state index contributed by atoms with van der Waals surface area (Å²) < 4.78 is 5.38. The van der Waals surface area contributed by atoms with Crippen molar-refractivity contribution >= 4 is 17.8 Å². The van der Waals surface area contributed by atoms with Gasteiger partial charge in [0, 0.05) is 13.1 Å². The number of nitrogens with one attached hydrogen (secondary N) is 1. The molecule has 0 atom stereocenters. The molecule has 0 radical (unpaired) electrons. The van der Waals surface area contributed by atoms with E-state index in [1.807, 2.05) is 18.2 Å². The Hall–Kier alpha value is -2.57. The SMILES string of the molecule is O=C(COc1ccccc1)N1CC(N2C(=O)CNC2=O)C1. The molecule has 0 saturated carbocycles. The minimum Gasteiger partial charge on any atom is -0.484 e. The minimum absolute atomic E-state index is 0.0421. The van der Waals surface area contributed by atoms with Gasteiger partial charge in [-0.3, -0.25) is 14.5 Å². The van der Waals surface area contributed by atoms with Crippen LogP contribution in [0.2, 0.25) is 0 Å².